The van der Waals surface area contributed by atoms with Crippen molar-refractivity contribution in [2.75, 3.05) is 18.1 Å². The van der Waals surface area contributed by atoms with Gasteiger partial charge in [-0.25, -0.2) is 13.2 Å². The molecule has 1 aromatic rings. The Hall–Kier alpha value is -1.60. The first-order chi connectivity index (χ1) is 9.80. The predicted molar refractivity (Wildman–Crippen MR) is 76.9 cm³/mol. The van der Waals surface area contributed by atoms with Crippen molar-refractivity contribution in [3.63, 3.8) is 0 Å². The molecule has 1 aromatic carbocycles. The fourth-order valence-electron chi connectivity index (χ4n) is 2.22. The maximum absolute atomic E-state index is 12.3. The Morgan fingerprint density at radius 2 is 2.00 bits per heavy atom. The zero-order valence-corrected chi connectivity index (χ0v) is 12.6. The molecule has 2 rings (SSSR count). The number of benzene rings is 1. The summed E-state index contributed by atoms with van der Waals surface area (Å²) in [6.45, 7) is -0.109. The molecule has 1 amide bonds. The van der Waals surface area contributed by atoms with Crippen LogP contribution in [0.2, 0.25) is 5.02 Å². The van der Waals surface area contributed by atoms with E-state index in [4.69, 9.17) is 16.7 Å². The first-order valence-electron chi connectivity index (χ1n) is 6.26. The maximum atomic E-state index is 12.3. The molecule has 1 N–H and O–H groups in total. The lowest BCUT2D eigenvalue weighted by atomic mass is 10.1. The van der Waals surface area contributed by atoms with Crippen molar-refractivity contribution in [2.45, 2.75) is 12.5 Å². The van der Waals surface area contributed by atoms with Crippen LogP contribution in [-0.2, 0) is 25.8 Å². The number of halogens is 1. The number of carbonyl (C=O) groups excluding carboxylic acids is 1. The second-order valence-corrected chi connectivity index (χ2v) is 7.46. The Labute approximate surface area is 127 Å². The highest BCUT2D eigenvalue weighted by Gasteiger charge is 2.38. The minimum Gasteiger partial charge on any atom is -0.480 e. The number of nitrogens with zero attached hydrogens (tertiary/aromatic N) is 1. The monoisotopic (exact) mass is 331 g/mol. The molecular weight excluding hydrogens is 318 g/mol. The van der Waals surface area contributed by atoms with Crippen molar-refractivity contribution in [3.05, 3.63) is 34.9 Å². The molecule has 0 aliphatic carbocycles. The van der Waals surface area contributed by atoms with Gasteiger partial charge in [-0.05, 0) is 11.6 Å². The molecule has 1 unspecified atom stereocenters. The van der Waals surface area contributed by atoms with Crippen molar-refractivity contribution >= 4 is 33.3 Å². The molecule has 1 heterocycles. The Kier molecular flexibility index (Phi) is 4.53. The van der Waals surface area contributed by atoms with Crippen LogP contribution in [0.1, 0.15) is 5.56 Å². The van der Waals surface area contributed by atoms with Crippen LogP contribution in [0.5, 0.6) is 0 Å². The molecule has 1 saturated heterocycles. The summed E-state index contributed by atoms with van der Waals surface area (Å²) in [6.07, 6.45) is -0.0521. The van der Waals surface area contributed by atoms with Crippen molar-refractivity contribution in [3.8, 4) is 0 Å². The standard InChI is InChI=1S/C13H14ClNO5S/c14-10-4-2-1-3-9(10)7-12(16)15-5-6-21(19,20)8-11(15)13(17)18/h1-4,11H,5-8H2,(H,17,18). The van der Waals surface area contributed by atoms with Gasteiger partial charge in [0.25, 0.3) is 0 Å². The third kappa shape index (κ3) is 3.74. The summed E-state index contributed by atoms with van der Waals surface area (Å²) < 4.78 is 23.0. The van der Waals surface area contributed by atoms with E-state index in [9.17, 15) is 18.0 Å². The molecule has 8 heteroatoms. The molecule has 1 atom stereocenters. The van der Waals surface area contributed by atoms with Crippen LogP contribution in [0.15, 0.2) is 24.3 Å². The Balaban J connectivity index is 2.18. The van der Waals surface area contributed by atoms with Gasteiger partial charge in [0.1, 0.15) is 6.04 Å². The van der Waals surface area contributed by atoms with Crippen LogP contribution in [0.4, 0.5) is 0 Å². The lowest BCUT2D eigenvalue weighted by Gasteiger charge is -2.32. The van der Waals surface area contributed by atoms with Gasteiger partial charge >= 0.3 is 5.97 Å². The molecule has 0 spiro atoms. The van der Waals surface area contributed by atoms with E-state index < -0.39 is 33.5 Å². The van der Waals surface area contributed by atoms with Crippen molar-refractivity contribution in [1.29, 1.82) is 0 Å². The van der Waals surface area contributed by atoms with Gasteiger partial charge in [-0.2, -0.15) is 0 Å². The fourth-order valence-corrected chi connectivity index (χ4v) is 3.86. The Morgan fingerprint density at radius 3 is 2.62 bits per heavy atom. The Morgan fingerprint density at radius 1 is 1.33 bits per heavy atom. The minimum absolute atomic E-state index is 0.0521. The average Bonchev–Trinajstić information content (AvgIpc) is 2.40. The second kappa shape index (κ2) is 6.03. The molecule has 1 aliphatic heterocycles. The van der Waals surface area contributed by atoms with Crippen molar-refractivity contribution in [2.24, 2.45) is 0 Å². The number of aliphatic carboxylic acids is 1. The van der Waals surface area contributed by atoms with E-state index in [-0.39, 0.29) is 18.7 Å². The number of rotatable bonds is 3. The van der Waals surface area contributed by atoms with Gasteiger partial charge in [0.05, 0.1) is 17.9 Å². The summed E-state index contributed by atoms with van der Waals surface area (Å²) in [7, 11) is -3.43. The van der Waals surface area contributed by atoms with Crippen molar-refractivity contribution < 1.29 is 23.1 Å². The number of sulfone groups is 1. The summed E-state index contributed by atoms with van der Waals surface area (Å²) in [6, 6.07) is 5.43. The topological polar surface area (TPSA) is 91.8 Å². The quantitative estimate of drug-likeness (QED) is 0.875. The highest BCUT2D eigenvalue weighted by Crippen LogP contribution is 2.19. The molecule has 114 valence electrons. The number of hydrogen-bond acceptors (Lipinski definition) is 4. The zero-order valence-electron chi connectivity index (χ0n) is 11.0. The van der Waals surface area contributed by atoms with Gasteiger partial charge in [-0.1, -0.05) is 29.8 Å². The van der Waals surface area contributed by atoms with Gasteiger partial charge in [0.15, 0.2) is 9.84 Å². The molecule has 0 bridgehead atoms. The molecule has 6 nitrogen and oxygen atoms in total. The number of carboxylic acids is 1. The van der Waals surface area contributed by atoms with Gasteiger partial charge in [0.2, 0.25) is 5.91 Å². The first kappa shape index (κ1) is 15.8. The van der Waals surface area contributed by atoms with Crippen LogP contribution < -0.4 is 0 Å². The summed E-state index contributed by atoms with van der Waals surface area (Å²) in [4.78, 5) is 24.6. The third-order valence-electron chi connectivity index (χ3n) is 3.34. The highest BCUT2D eigenvalue weighted by molar-refractivity contribution is 7.91. The molecule has 0 radical (unpaired) electrons. The Bertz CT molecular complexity index is 673. The maximum Gasteiger partial charge on any atom is 0.327 e. The molecule has 0 saturated carbocycles. The van der Waals surface area contributed by atoms with Crippen LogP contribution in [-0.4, -0.2) is 54.4 Å². The van der Waals surface area contributed by atoms with Gasteiger partial charge in [-0.3, -0.25) is 4.79 Å². The number of amides is 1. The number of hydrogen-bond donors (Lipinski definition) is 1. The molecule has 1 aliphatic rings. The van der Waals surface area contributed by atoms with Gasteiger partial charge in [-0.15, -0.1) is 0 Å². The van der Waals surface area contributed by atoms with E-state index in [0.29, 0.717) is 10.6 Å². The highest BCUT2D eigenvalue weighted by atomic mass is 35.5. The second-order valence-electron chi connectivity index (χ2n) is 4.82. The normalized spacial score (nSPS) is 21.0. The van der Waals surface area contributed by atoms with Crippen LogP contribution in [0.25, 0.3) is 0 Å². The van der Waals surface area contributed by atoms with E-state index >= 15 is 0 Å². The van der Waals surface area contributed by atoms with Gasteiger partial charge in [0, 0.05) is 11.6 Å². The lowest BCUT2D eigenvalue weighted by Crippen LogP contribution is -2.55. The van der Waals surface area contributed by atoms with E-state index in [1.807, 2.05) is 0 Å². The van der Waals surface area contributed by atoms with Gasteiger partial charge < -0.3 is 10.0 Å². The fraction of sp³-hybridized carbons (Fsp3) is 0.385. The van der Waals surface area contributed by atoms with E-state index in [1.165, 1.54) is 0 Å². The van der Waals surface area contributed by atoms with Crippen LogP contribution >= 0.6 is 11.6 Å². The average molecular weight is 332 g/mol. The molecule has 21 heavy (non-hydrogen) atoms. The summed E-state index contributed by atoms with van der Waals surface area (Å²) in [5.74, 6) is -2.52. The summed E-state index contributed by atoms with van der Waals surface area (Å²) >= 11 is 5.97. The first-order valence-corrected chi connectivity index (χ1v) is 8.46. The molecule has 0 aromatic heterocycles. The predicted octanol–water partition coefficient (Wildman–Crippen LogP) is 0.593. The lowest BCUT2D eigenvalue weighted by molar-refractivity contribution is -0.149. The third-order valence-corrected chi connectivity index (χ3v) is 5.33. The van der Waals surface area contributed by atoms with E-state index in [0.717, 1.165) is 4.90 Å². The zero-order chi connectivity index (χ0) is 15.6. The smallest absolute Gasteiger partial charge is 0.327 e. The van der Waals surface area contributed by atoms with Crippen LogP contribution in [0, 0.1) is 0 Å². The largest absolute Gasteiger partial charge is 0.480 e. The van der Waals surface area contributed by atoms with E-state index in [2.05, 4.69) is 0 Å². The molecule has 1 fully saturated rings. The summed E-state index contributed by atoms with van der Waals surface area (Å²) in [5.41, 5.74) is 0.585. The number of carboxylic acid groups (broad SMARTS) is 1. The van der Waals surface area contributed by atoms with Crippen molar-refractivity contribution in [1.82, 2.24) is 4.90 Å². The molecular formula is C13H14ClNO5S. The minimum atomic E-state index is -3.43. The van der Waals surface area contributed by atoms with Crippen LogP contribution in [0.3, 0.4) is 0 Å². The summed E-state index contributed by atoms with van der Waals surface area (Å²) in [5, 5.41) is 9.54. The van der Waals surface area contributed by atoms with E-state index in [1.54, 1.807) is 24.3 Å². The number of carbonyl (C=O) groups is 2. The SMILES string of the molecule is O=C(O)C1CS(=O)(=O)CCN1C(=O)Cc1ccccc1Cl.